The fourth-order valence-electron chi connectivity index (χ4n) is 1.57. The Morgan fingerprint density at radius 3 is 2.71 bits per heavy atom. The highest BCUT2D eigenvalue weighted by Gasteiger charge is 2.16. The standard InChI is InChI=1S/C11H11ClFN3O/c1-6-9(12)7(2)16(15-6)11-10(13)8(5-17)3-4-14-11/h3-4,17H,5H2,1-2H3. The van der Waals surface area contributed by atoms with E-state index < -0.39 is 5.82 Å². The van der Waals surface area contributed by atoms with Gasteiger partial charge >= 0.3 is 0 Å². The van der Waals surface area contributed by atoms with Crippen LogP contribution in [0.4, 0.5) is 4.39 Å². The highest BCUT2D eigenvalue weighted by atomic mass is 35.5. The van der Waals surface area contributed by atoms with E-state index in [-0.39, 0.29) is 18.0 Å². The van der Waals surface area contributed by atoms with Gasteiger partial charge in [-0.25, -0.2) is 14.1 Å². The molecule has 0 fully saturated rings. The zero-order chi connectivity index (χ0) is 12.6. The maximum Gasteiger partial charge on any atom is 0.190 e. The molecule has 0 spiro atoms. The van der Waals surface area contributed by atoms with E-state index >= 15 is 0 Å². The van der Waals surface area contributed by atoms with Crippen molar-refractivity contribution in [2.75, 3.05) is 0 Å². The fourth-order valence-corrected chi connectivity index (χ4v) is 1.69. The van der Waals surface area contributed by atoms with Crippen molar-refractivity contribution >= 4 is 11.6 Å². The molecule has 0 radical (unpaired) electrons. The van der Waals surface area contributed by atoms with E-state index in [0.717, 1.165) is 0 Å². The number of nitrogens with zero attached hydrogens (tertiary/aromatic N) is 3. The average Bonchev–Trinajstić information content (AvgIpc) is 2.57. The Hall–Kier alpha value is -1.46. The van der Waals surface area contributed by atoms with Crippen LogP contribution in [0.2, 0.25) is 5.02 Å². The van der Waals surface area contributed by atoms with Crippen LogP contribution in [0.3, 0.4) is 0 Å². The molecule has 0 aliphatic heterocycles. The molecule has 4 nitrogen and oxygen atoms in total. The van der Waals surface area contributed by atoms with Gasteiger partial charge in [-0.15, -0.1) is 0 Å². The molecular weight excluding hydrogens is 245 g/mol. The molecule has 17 heavy (non-hydrogen) atoms. The van der Waals surface area contributed by atoms with Gasteiger partial charge in [0.1, 0.15) is 0 Å². The summed E-state index contributed by atoms with van der Waals surface area (Å²) < 4.78 is 15.3. The van der Waals surface area contributed by atoms with Crippen LogP contribution >= 0.6 is 11.6 Å². The highest BCUT2D eigenvalue weighted by molar-refractivity contribution is 6.31. The lowest BCUT2D eigenvalue weighted by Gasteiger charge is -2.07. The van der Waals surface area contributed by atoms with Crippen molar-refractivity contribution in [2.45, 2.75) is 20.5 Å². The summed E-state index contributed by atoms with van der Waals surface area (Å²) in [5.41, 5.74) is 1.41. The van der Waals surface area contributed by atoms with Gasteiger partial charge in [0.2, 0.25) is 0 Å². The number of rotatable bonds is 2. The first-order valence-electron chi connectivity index (χ1n) is 5.02. The average molecular weight is 256 g/mol. The van der Waals surface area contributed by atoms with Gasteiger partial charge in [-0.3, -0.25) is 0 Å². The molecule has 0 bridgehead atoms. The minimum absolute atomic E-state index is 0.0454. The Kier molecular flexibility index (Phi) is 3.13. The second kappa shape index (κ2) is 4.43. The molecule has 0 unspecified atom stereocenters. The van der Waals surface area contributed by atoms with Crippen molar-refractivity contribution in [3.05, 3.63) is 40.1 Å². The molecule has 2 heterocycles. The SMILES string of the molecule is Cc1nn(-c2nccc(CO)c2F)c(C)c1Cl. The van der Waals surface area contributed by atoms with Crippen molar-refractivity contribution in [3.63, 3.8) is 0 Å². The quantitative estimate of drug-likeness (QED) is 0.895. The predicted octanol–water partition coefficient (Wildman–Crippen LogP) is 2.17. The Morgan fingerprint density at radius 1 is 1.47 bits per heavy atom. The first-order valence-corrected chi connectivity index (χ1v) is 5.40. The smallest absolute Gasteiger partial charge is 0.190 e. The number of hydrogen-bond donors (Lipinski definition) is 1. The molecule has 0 amide bonds. The first-order chi connectivity index (χ1) is 8.06. The summed E-state index contributed by atoms with van der Waals surface area (Å²) >= 11 is 5.99. The number of aromatic nitrogens is 3. The van der Waals surface area contributed by atoms with Crippen molar-refractivity contribution in [2.24, 2.45) is 0 Å². The van der Waals surface area contributed by atoms with Crippen LogP contribution in [0.1, 0.15) is 17.0 Å². The van der Waals surface area contributed by atoms with Crippen molar-refractivity contribution in [3.8, 4) is 5.82 Å². The largest absolute Gasteiger partial charge is 0.392 e. The van der Waals surface area contributed by atoms with Crippen LogP contribution in [-0.4, -0.2) is 19.9 Å². The van der Waals surface area contributed by atoms with E-state index in [1.165, 1.54) is 16.9 Å². The normalized spacial score (nSPS) is 10.9. The van der Waals surface area contributed by atoms with Crippen LogP contribution in [0.15, 0.2) is 12.3 Å². The summed E-state index contributed by atoms with van der Waals surface area (Å²) in [4.78, 5) is 3.93. The second-order valence-corrected chi connectivity index (χ2v) is 4.04. The lowest BCUT2D eigenvalue weighted by molar-refractivity contribution is 0.275. The number of aryl methyl sites for hydroxylation is 1. The van der Waals surface area contributed by atoms with Gasteiger partial charge in [0.25, 0.3) is 0 Å². The molecule has 0 atom stereocenters. The monoisotopic (exact) mass is 255 g/mol. The number of aliphatic hydroxyl groups excluding tert-OH is 1. The molecule has 0 aliphatic carbocycles. The highest BCUT2D eigenvalue weighted by Crippen LogP contribution is 2.23. The Bertz CT molecular complexity index is 568. The topological polar surface area (TPSA) is 50.9 Å². The van der Waals surface area contributed by atoms with Gasteiger partial charge < -0.3 is 5.11 Å². The molecule has 90 valence electrons. The summed E-state index contributed by atoms with van der Waals surface area (Å²) in [6.45, 7) is 3.09. The summed E-state index contributed by atoms with van der Waals surface area (Å²) in [6, 6.07) is 1.42. The van der Waals surface area contributed by atoms with Gasteiger partial charge in [-0.05, 0) is 19.9 Å². The van der Waals surface area contributed by atoms with Crippen LogP contribution in [0.25, 0.3) is 5.82 Å². The van der Waals surface area contributed by atoms with Gasteiger partial charge in [0, 0.05) is 11.8 Å². The van der Waals surface area contributed by atoms with Gasteiger partial charge in [-0.1, -0.05) is 11.6 Å². The molecule has 2 rings (SSSR count). The lowest BCUT2D eigenvalue weighted by atomic mass is 10.2. The minimum Gasteiger partial charge on any atom is -0.392 e. The zero-order valence-electron chi connectivity index (χ0n) is 9.41. The number of pyridine rings is 1. The van der Waals surface area contributed by atoms with Crippen LogP contribution in [0, 0.1) is 19.7 Å². The predicted molar refractivity (Wildman–Crippen MR) is 61.7 cm³/mol. The molecule has 1 N–H and O–H groups in total. The summed E-state index contributed by atoms with van der Waals surface area (Å²) in [6.07, 6.45) is 1.42. The third kappa shape index (κ3) is 1.92. The van der Waals surface area contributed by atoms with E-state index in [0.29, 0.717) is 16.4 Å². The Balaban J connectivity index is 2.64. The molecule has 0 saturated carbocycles. The summed E-state index contributed by atoms with van der Waals surface area (Å²) in [5.74, 6) is -0.540. The maximum absolute atomic E-state index is 14.0. The van der Waals surface area contributed by atoms with Crippen LogP contribution in [-0.2, 0) is 6.61 Å². The second-order valence-electron chi connectivity index (χ2n) is 3.66. The lowest BCUT2D eigenvalue weighted by Crippen LogP contribution is -2.07. The molecule has 2 aromatic rings. The van der Waals surface area contributed by atoms with Crippen LogP contribution < -0.4 is 0 Å². The van der Waals surface area contributed by atoms with Gasteiger partial charge in [0.05, 0.1) is 23.0 Å². The first kappa shape index (κ1) is 12.0. The van der Waals surface area contributed by atoms with E-state index in [1.807, 2.05) is 0 Å². The Morgan fingerprint density at radius 2 is 2.18 bits per heavy atom. The van der Waals surface area contributed by atoms with Crippen molar-refractivity contribution in [1.82, 2.24) is 14.8 Å². The summed E-state index contributed by atoms with van der Waals surface area (Å²) in [5, 5.41) is 13.6. The van der Waals surface area contributed by atoms with Gasteiger partial charge in [0.15, 0.2) is 11.6 Å². The third-order valence-corrected chi connectivity index (χ3v) is 3.07. The zero-order valence-corrected chi connectivity index (χ0v) is 10.2. The molecule has 0 aliphatic rings. The molecule has 6 heteroatoms. The number of aliphatic hydroxyl groups is 1. The Labute approximate surface area is 103 Å². The fraction of sp³-hybridized carbons (Fsp3) is 0.273. The maximum atomic E-state index is 14.0. The van der Waals surface area contributed by atoms with Crippen molar-refractivity contribution < 1.29 is 9.50 Å². The molecule has 0 saturated heterocycles. The minimum atomic E-state index is -0.586. The molecular formula is C11H11ClFN3O. The van der Waals surface area contributed by atoms with E-state index in [2.05, 4.69) is 10.1 Å². The third-order valence-electron chi connectivity index (χ3n) is 2.52. The molecule has 2 aromatic heterocycles. The molecule has 0 aromatic carbocycles. The summed E-state index contributed by atoms with van der Waals surface area (Å²) in [7, 11) is 0. The number of hydrogen-bond acceptors (Lipinski definition) is 3. The van der Waals surface area contributed by atoms with E-state index in [9.17, 15) is 4.39 Å². The van der Waals surface area contributed by atoms with Crippen LogP contribution in [0.5, 0.6) is 0 Å². The van der Waals surface area contributed by atoms with Gasteiger partial charge in [-0.2, -0.15) is 5.10 Å². The van der Waals surface area contributed by atoms with E-state index in [1.54, 1.807) is 13.8 Å². The number of halogens is 2. The van der Waals surface area contributed by atoms with Crippen molar-refractivity contribution in [1.29, 1.82) is 0 Å². The van der Waals surface area contributed by atoms with E-state index in [4.69, 9.17) is 16.7 Å².